The molecule has 0 fully saturated rings. The van der Waals surface area contributed by atoms with E-state index in [1.807, 2.05) is 6.92 Å². The minimum atomic E-state index is 0.163. The molecule has 0 amide bonds. The number of hydrogen-bond acceptors (Lipinski definition) is 2. The van der Waals surface area contributed by atoms with Gasteiger partial charge in [-0.2, -0.15) is 0 Å². The topological polar surface area (TPSA) is 17.1 Å². The van der Waals surface area contributed by atoms with Gasteiger partial charge in [-0.05, 0) is 29.5 Å². The minimum absolute atomic E-state index is 0.163. The lowest BCUT2D eigenvalue weighted by Crippen LogP contribution is -2.10. The van der Waals surface area contributed by atoms with Crippen LogP contribution in [0.3, 0.4) is 0 Å². The number of carbonyl (C=O) groups excluding carboxylic acids is 1. The third-order valence-corrected chi connectivity index (χ3v) is 4.03. The predicted octanol–water partition coefficient (Wildman–Crippen LogP) is 4.83. The molecule has 0 spiro atoms. The minimum Gasteiger partial charge on any atom is -0.297 e. The number of thiophene rings is 1. The molecule has 0 saturated heterocycles. The highest BCUT2D eigenvalue weighted by Crippen LogP contribution is 2.31. The van der Waals surface area contributed by atoms with Crippen molar-refractivity contribution in [3.8, 4) is 11.1 Å². The Hall–Kier alpha value is -1.41. The highest BCUT2D eigenvalue weighted by molar-refractivity contribution is 7.14. The summed E-state index contributed by atoms with van der Waals surface area (Å²) in [5.41, 5.74) is 3.64. The van der Waals surface area contributed by atoms with Gasteiger partial charge in [-0.1, -0.05) is 45.0 Å². The summed E-state index contributed by atoms with van der Waals surface area (Å²) in [5, 5.41) is 0. The maximum atomic E-state index is 11.1. The SMILES string of the molecule is Cc1cc(-c2ccc(C(C)(C)C)cc2)c(C=O)s1. The Bertz CT molecular complexity index is 556. The van der Waals surface area contributed by atoms with Crippen molar-refractivity contribution in [2.75, 3.05) is 0 Å². The van der Waals surface area contributed by atoms with Crippen molar-refractivity contribution >= 4 is 17.6 Å². The molecule has 1 nitrogen and oxygen atoms in total. The molecule has 1 aromatic carbocycles. The lowest BCUT2D eigenvalue weighted by Gasteiger charge is -2.19. The van der Waals surface area contributed by atoms with Gasteiger partial charge in [0.15, 0.2) is 6.29 Å². The highest BCUT2D eigenvalue weighted by Gasteiger charge is 2.14. The fourth-order valence-corrected chi connectivity index (χ4v) is 2.85. The van der Waals surface area contributed by atoms with Crippen LogP contribution in [0.4, 0.5) is 0 Å². The van der Waals surface area contributed by atoms with Crippen LogP contribution in [0.25, 0.3) is 11.1 Å². The molecule has 0 saturated carbocycles. The van der Waals surface area contributed by atoms with Gasteiger partial charge in [0.05, 0.1) is 4.88 Å². The van der Waals surface area contributed by atoms with E-state index in [0.29, 0.717) is 0 Å². The van der Waals surface area contributed by atoms with Crippen LogP contribution in [-0.4, -0.2) is 6.29 Å². The van der Waals surface area contributed by atoms with Gasteiger partial charge in [0.2, 0.25) is 0 Å². The fraction of sp³-hybridized carbons (Fsp3) is 0.312. The first-order valence-corrected chi connectivity index (χ1v) is 6.90. The van der Waals surface area contributed by atoms with Gasteiger partial charge < -0.3 is 0 Å². The van der Waals surface area contributed by atoms with Crippen LogP contribution in [0, 0.1) is 6.92 Å². The van der Waals surface area contributed by atoms with E-state index in [4.69, 9.17) is 0 Å². The molecule has 0 aliphatic carbocycles. The average molecular weight is 258 g/mol. The first-order valence-electron chi connectivity index (χ1n) is 6.08. The number of rotatable bonds is 2. The van der Waals surface area contributed by atoms with Crippen LogP contribution in [0.1, 0.15) is 40.9 Å². The molecule has 2 heteroatoms. The van der Waals surface area contributed by atoms with Crippen molar-refractivity contribution < 1.29 is 4.79 Å². The molecule has 1 aromatic heterocycles. The molecule has 2 aromatic rings. The summed E-state index contributed by atoms with van der Waals surface area (Å²) in [5.74, 6) is 0. The normalized spacial score (nSPS) is 11.6. The molecule has 0 bridgehead atoms. The lowest BCUT2D eigenvalue weighted by molar-refractivity contribution is 0.112. The van der Waals surface area contributed by atoms with Crippen molar-refractivity contribution in [1.29, 1.82) is 0 Å². The molecule has 0 radical (unpaired) electrons. The molecular formula is C16H18OS. The quantitative estimate of drug-likeness (QED) is 0.705. The van der Waals surface area contributed by atoms with Gasteiger partial charge in [0.25, 0.3) is 0 Å². The van der Waals surface area contributed by atoms with Crippen LogP contribution in [0.5, 0.6) is 0 Å². The van der Waals surface area contributed by atoms with E-state index in [9.17, 15) is 4.79 Å². The van der Waals surface area contributed by atoms with Crippen molar-refractivity contribution in [1.82, 2.24) is 0 Å². The van der Waals surface area contributed by atoms with Gasteiger partial charge in [-0.15, -0.1) is 11.3 Å². The molecule has 2 rings (SSSR count). The first-order chi connectivity index (χ1) is 8.41. The maximum absolute atomic E-state index is 11.1. The molecule has 0 atom stereocenters. The Labute approximate surface area is 112 Å². The first kappa shape index (κ1) is 13.0. The Balaban J connectivity index is 2.43. The van der Waals surface area contributed by atoms with Crippen LogP contribution in [-0.2, 0) is 5.41 Å². The van der Waals surface area contributed by atoms with Crippen LogP contribution >= 0.6 is 11.3 Å². The molecule has 0 aliphatic rings. The third kappa shape index (κ3) is 2.54. The number of aldehydes is 1. The smallest absolute Gasteiger partial charge is 0.160 e. The monoisotopic (exact) mass is 258 g/mol. The van der Waals surface area contributed by atoms with E-state index < -0.39 is 0 Å². The zero-order valence-corrected chi connectivity index (χ0v) is 12.1. The Morgan fingerprint density at radius 3 is 2.22 bits per heavy atom. The number of hydrogen-bond donors (Lipinski definition) is 0. The summed E-state index contributed by atoms with van der Waals surface area (Å²) < 4.78 is 0. The molecule has 0 unspecified atom stereocenters. The predicted molar refractivity (Wildman–Crippen MR) is 78.6 cm³/mol. The van der Waals surface area contributed by atoms with Gasteiger partial charge in [0, 0.05) is 10.4 Å². The zero-order chi connectivity index (χ0) is 13.3. The zero-order valence-electron chi connectivity index (χ0n) is 11.3. The summed E-state index contributed by atoms with van der Waals surface area (Å²) in [4.78, 5) is 13.0. The Morgan fingerprint density at radius 2 is 1.72 bits per heavy atom. The maximum Gasteiger partial charge on any atom is 0.160 e. The second-order valence-corrected chi connectivity index (χ2v) is 6.87. The average Bonchev–Trinajstić information content (AvgIpc) is 2.69. The van der Waals surface area contributed by atoms with Gasteiger partial charge >= 0.3 is 0 Å². The summed E-state index contributed by atoms with van der Waals surface area (Å²) in [6.45, 7) is 8.64. The second kappa shape index (κ2) is 4.69. The number of carbonyl (C=O) groups is 1. The highest BCUT2D eigenvalue weighted by atomic mass is 32.1. The Kier molecular flexibility index (Phi) is 3.40. The van der Waals surface area contributed by atoms with Gasteiger partial charge in [-0.3, -0.25) is 4.79 Å². The van der Waals surface area contributed by atoms with Crippen LogP contribution in [0.15, 0.2) is 30.3 Å². The molecule has 18 heavy (non-hydrogen) atoms. The summed E-state index contributed by atoms with van der Waals surface area (Å²) in [6, 6.07) is 10.6. The number of benzene rings is 1. The Morgan fingerprint density at radius 1 is 1.11 bits per heavy atom. The number of aryl methyl sites for hydroxylation is 1. The summed E-state index contributed by atoms with van der Waals surface area (Å²) >= 11 is 1.55. The molecule has 0 N–H and O–H groups in total. The summed E-state index contributed by atoms with van der Waals surface area (Å²) in [6.07, 6.45) is 0.949. The molecule has 94 valence electrons. The van der Waals surface area contributed by atoms with Crippen molar-refractivity contribution in [3.05, 3.63) is 45.6 Å². The van der Waals surface area contributed by atoms with Crippen molar-refractivity contribution in [3.63, 3.8) is 0 Å². The second-order valence-electron chi connectivity index (χ2n) is 5.58. The van der Waals surface area contributed by atoms with E-state index in [2.05, 4.69) is 51.1 Å². The molecular weight excluding hydrogens is 240 g/mol. The molecule has 1 heterocycles. The fourth-order valence-electron chi connectivity index (χ4n) is 2.00. The van der Waals surface area contributed by atoms with Crippen LogP contribution in [0.2, 0.25) is 0 Å². The van der Waals surface area contributed by atoms with E-state index in [1.54, 1.807) is 11.3 Å². The van der Waals surface area contributed by atoms with Crippen LogP contribution < -0.4 is 0 Å². The van der Waals surface area contributed by atoms with Gasteiger partial charge in [0.1, 0.15) is 0 Å². The van der Waals surface area contributed by atoms with Crippen molar-refractivity contribution in [2.45, 2.75) is 33.1 Å². The van der Waals surface area contributed by atoms with E-state index >= 15 is 0 Å². The standard InChI is InChI=1S/C16H18OS/c1-11-9-14(15(10-17)18-11)12-5-7-13(8-6-12)16(2,3)4/h5-10H,1-4H3. The van der Waals surface area contributed by atoms with Crippen molar-refractivity contribution in [2.24, 2.45) is 0 Å². The lowest BCUT2D eigenvalue weighted by atomic mass is 9.86. The largest absolute Gasteiger partial charge is 0.297 e. The molecule has 0 aliphatic heterocycles. The van der Waals surface area contributed by atoms with E-state index in [0.717, 1.165) is 22.3 Å². The van der Waals surface area contributed by atoms with E-state index in [1.165, 1.54) is 10.4 Å². The third-order valence-electron chi connectivity index (χ3n) is 3.05. The van der Waals surface area contributed by atoms with E-state index in [-0.39, 0.29) is 5.41 Å². The van der Waals surface area contributed by atoms with Gasteiger partial charge in [-0.25, -0.2) is 0 Å². The summed E-state index contributed by atoms with van der Waals surface area (Å²) in [7, 11) is 0.